The number of nitrogens with zero attached hydrogens (tertiary/aromatic N) is 2. The van der Waals surface area contributed by atoms with E-state index in [1.165, 1.54) is 12.1 Å². The number of aromatic nitrogens is 1. The lowest BCUT2D eigenvalue weighted by atomic mass is 9.81. The smallest absolute Gasteiger partial charge is 0.224 e. The van der Waals surface area contributed by atoms with Gasteiger partial charge in [0.15, 0.2) is 0 Å². The topological polar surface area (TPSA) is 54.5 Å². The maximum atomic E-state index is 14.0. The van der Waals surface area contributed by atoms with Gasteiger partial charge in [0.1, 0.15) is 11.6 Å². The van der Waals surface area contributed by atoms with Gasteiger partial charge in [-0.3, -0.25) is 4.79 Å². The van der Waals surface area contributed by atoms with E-state index in [4.69, 9.17) is 4.74 Å². The molecule has 3 rings (SSSR count). The van der Waals surface area contributed by atoms with E-state index in [0.717, 1.165) is 17.7 Å². The lowest BCUT2D eigenvalue weighted by Gasteiger charge is -2.45. The molecule has 1 aromatic carbocycles. The molecule has 1 unspecified atom stereocenters. The molecule has 2 heterocycles. The Morgan fingerprint density at radius 1 is 1.35 bits per heavy atom. The van der Waals surface area contributed by atoms with Crippen molar-refractivity contribution in [1.29, 1.82) is 0 Å². The van der Waals surface area contributed by atoms with Gasteiger partial charge in [0.05, 0.1) is 13.2 Å². The van der Waals surface area contributed by atoms with Crippen LogP contribution in [0.2, 0.25) is 0 Å². The summed E-state index contributed by atoms with van der Waals surface area (Å²) < 4.78 is 19.2. The highest BCUT2D eigenvalue weighted by molar-refractivity contribution is 5.94. The number of pyridine rings is 1. The van der Waals surface area contributed by atoms with Gasteiger partial charge in [-0.15, -0.1) is 0 Å². The molecule has 0 radical (unpaired) electrons. The Labute approximate surface area is 153 Å². The first-order valence-electron chi connectivity index (χ1n) is 8.83. The van der Waals surface area contributed by atoms with Crippen LogP contribution in [0.3, 0.4) is 0 Å². The van der Waals surface area contributed by atoms with Crippen LogP contribution in [0.4, 0.5) is 15.9 Å². The van der Waals surface area contributed by atoms with Crippen LogP contribution in [0.15, 0.2) is 36.4 Å². The number of amides is 1. The van der Waals surface area contributed by atoms with Gasteiger partial charge < -0.3 is 15.0 Å². The number of carbonyl (C=O) groups is 1. The maximum Gasteiger partial charge on any atom is 0.224 e. The third-order valence-corrected chi connectivity index (χ3v) is 5.04. The van der Waals surface area contributed by atoms with Crippen LogP contribution >= 0.6 is 0 Å². The highest BCUT2D eigenvalue weighted by Gasteiger charge is 2.39. The monoisotopic (exact) mass is 357 g/mol. The number of anilines is 2. The second-order valence-electron chi connectivity index (χ2n) is 6.61. The third-order valence-electron chi connectivity index (χ3n) is 5.04. The number of fused-ring (bicyclic) bond motifs is 1. The summed E-state index contributed by atoms with van der Waals surface area (Å²) in [5, 5.41) is 3.42. The molecule has 0 bridgehead atoms. The molecule has 1 N–H and O–H groups in total. The van der Waals surface area contributed by atoms with Crippen LogP contribution in [-0.2, 0) is 4.79 Å². The van der Waals surface area contributed by atoms with E-state index in [0.29, 0.717) is 11.7 Å². The van der Waals surface area contributed by atoms with Gasteiger partial charge in [0, 0.05) is 36.2 Å². The number of methoxy groups -OCH3 is 1. The number of benzene rings is 1. The number of ether oxygens (including phenoxy) is 1. The Balaban J connectivity index is 2.07. The van der Waals surface area contributed by atoms with E-state index in [2.05, 4.69) is 24.1 Å². The SMILES string of the molecule is CC[C@H]1[C@H](C)C(Nc2cccc(OC)n2)c2cc(F)ccc2N1C(C)=O. The molecular formula is C20H24FN3O2. The van der Waals surface area contributed by atoms with E-state index in [9.17, 15) is 9.18 Å². The first-order chi connectivity index (χ1) is 12.5. The molecule has 2 aromatic rings. The number of nitrogens with one attached hydrogen (secondary N) is 1. The Kier molecular flexibility index (Phi) is 5.11. The van der Waals surface area contributed by atoms with Crippen molar-refractivity contribution in [2.24, 2.45) is 5.92 Å². The van der Waals surface area contributed by atoms with Gasteiger partial charge >= 0.3 is 0 Å². The Morgan fingerprint density at radius 3 is 2.77 bits per heavy atom. The highest BCUT2D eigenvalue weighted by Crippen LogP contribution is 2.43. The van der Waals surface area contributed by atoms with Crippen molar-refractivity contribution in [1.82, 2.24) is 4.98 Å². The fourth-order valence-corrected chi connectivity index (χ4v) is 3.85. The normalized spacial score (nSPS) is 21.9. The van der Waals surface area contributed by atoms with E-state index in [1.807, 2.05) is 12.1 Å². The van der Waals surface area contributed by atoms with Crippen LogP contribution in [0.25, 0.3) is 0 Å². The lowest BCUT2D eigenvalue weighted by molar-refractivity contribution is -0.117. The van der Waals surface area contributed by atoms with Crippen LogP contribution in [0.5, 0.6) is 5.88 Å². The van der Waals surface area contributed by atoms with Gasteiger partial charge in [-0.25, -0.2) is 4.39 Å². The van der Waals surface area contributed by atoms with Gasteiger partial charge in [-0.05, 0) is 30.7 Å². The van der Waals surface area contributed by atoms with Gasteiger partial charge in [0.2, 0.25) is 11.8 Å². The van der Waals surface area contributed by atoms with Crippen LogP contribution in [0, 0.1) is 11.7 Å². The summed E-state index contributed by atoms with van der Waals surface area (Å²) >= 11 is 0. The van der Waals surface area contributed by atoms with Gasteiger partial charge in [-0.1, -0.05) is 19.9 Å². The molecule has 26 heavy (non-hydrogen) atoms. The van der Waals surface area contributed by atoms with Crippen molar-refractivity contribution in [2.75, 3.05) is 17.3 Å². The average Bonchev–Trinajstić information content (AvgIpc) is 2.63. The molecule has 0 saturated heterocycles. The third kappa shape index (κ3) is 3.23. The summed E-state index contributed by atoms with van der Waals surface area (Å²) in [5.41, 5.74) is 1.52. The van der Waals surface area contributed by atoms with E-state index in [-0.39, 0.29) is 29.7 Å². The predicted octanol–water partition coefficient (Wildman–Crippen LogP) is 4.16. The molecular weight excluding hydrogens is 333 g/mol. The fraction of sp³-hybridized carbons (Fsp3) is 0.400. The molecule has 3 atom stereocenters. The van der Waals surface area contributed by atoms with Crippen molar-refractivity contribution in [3.63, 3.8) is 0 Å². The zero-order valence-corrected chi connectivity index (χ0v) is 15.5. The van der Waals surface area contributed by atoms with Crippen LogP contribution in [0.1, 0.15) is 38.8 Å². The number of hydrogen-bond donors (Lipinski definition) is 1. The summed E-state index contributed by atoms with van der Waals surface area (Å²) in [4.78, 5) is 18.5. The quantitative estimate of drug-likeness (QED) is 0.892. The van der Waals surface area contributed by atoms with Crippen molar-refractivity contribution in [3.05, 3.63) is 47.8 Å². The lowest BCUT2D eigenvalue weighted by Crippen LogP contribution is -2.49. The largest absolute Gasteiger partial charge is 0.481 e. The van der Waals surface area contributed by atoms with Crippen molar-refractivity contribution in [3.8, 4) is 5.88 Å². The summed E-state index contributed by atoms with van der Waals surface area (Å²) in [6.45, 7) is 5.70. The van der Waals surface area contributed by atoms with Gasteiger partial charge in [0.25, 0.3) is 0 Å². The molecule has 1 aliphatic rings. The minimum Gasteiger partial charge on any atom is -0.481 e. The molecule has 0 fully saturated rings. The molecule has 1 amide bonds. The zero-order chi connectivity index (χ0) is 18.8. The molecule has 138 valence electrons. The van der Waals surface area contributed by atoms with Crippen molar-refractivity contribution < 1.29 is 13.9 Å². The van der Waals surface area contributed by atoms with E-state index in [1.54, 1.807) is 31.1 Å². The maximum absolute atomic E-state index is 14.0. The number of carbonyl (C=O) groups excluding carboxylic acids is 1. The Morgan fingerprint density at radius 2 is 2.12 bits per heavy atom. The van der Waals surface area contributed by atoms with Crippen molar-refractivity contribution in [2.45, 2.75) is 39.3 Å². The van der Waals surface area contributed by atoms with Crippen LogP contribution in [-0.4, -0.2) is 24.0 Å². The Hall–Kier alpha value is -2.63. The molecule has 1 aliphatic heterocycles. The summed E-state index contributed by atoms with van der Waals surface area (Å²) in [6, 6.07) is 9.93. The number of rotatable bonds is 4. The first kappa shape index (κ1) is 18.2. The van der Waals surface area contributed by atoms with Crippen LogP contribution < -0.4 is 15.0 Å². The molecule has 5 nitrogen and oxygen atoms in total. The summed E-state index contributed by atoms with van der Waals surface area (Å²) in [6.07, 6.45) is 0.807. The minimum absolute atomic E-state index is 0.0218. The standard InChI is InChI=1S/C20H24FN3O2/c1-5-16-12(2)20(23-18-7-6-8-19(22-18)26-4)15-11-14(21)9-10-17(15)24(16)13(3)25/h6-12,16,20H,5H2,1-4H3,(H,22,23)/t12-,16-,20?/m0/s1. The molecule has 0 aliphatic carbocycles. The van der Waals surface area contributed by atoms with Crippen molar-refractivity contribution >= 4 is 17.4 Å². The number of hydrogen-bond acceptors (Lipinski definition) is 4. The van der Waals surface area contributed by atoms with E-state index >= 15 is 0 Å². The zero-order valence-electron chi connectivity index (χ0n) is 15.5. The summed E-state index contributed by atoms with van der Waals surface area (Å²) in [5.74, 6) is 0.887. The molecule has 0 spiro atoms. The second-order valence-corrected chi connectivity index (χ2v) is 6.61. The summed E-state index contributed by atoms with van der Waals surface area (Å²) in [7, 11) is 1.57. The minimum atomic E-state index is -0.320. The molecule has 1 aromatic heterocycles. The molecule has 0 saturated carbocycles. The molecule has 6 heteroatoms. The average molecular weight is 357 g/mol. The highest BCUT2D eigenvalue weighted by atomic mass is 19.1. The van der Waals surface area contributed by atoms with E-state index < -0.39 is 0 Å². The first-order valence-corrected chi connectivity index (χ1v) is 8.83. The van der Waals surface area contributed by atoms with Gasteiger partial charge in [-0.2, -0.15) is 4.98 Å². The number of halogens is 1. The fourth-order valence-electron chi connectivity index (χ4n) is 3.85. The Bertz CT molecular complexity index is 811. The second kappa shape index (κ2) is 7.32. The predicted molar refractivity (Wildman–Crippen MR) is 100.0 cm³/mol.